The van der Waals surface area contributed by atoms with Gasteiger partial charge >= 0.3 is 11.9 Å². The lowest BCUT2D eigenvalue weighted by Gasteiger charge is -2.29. The van der Waals surface area contributed by atoms with Crippen LogP contribution in [0.5, 0.6) is 5.75 Å². The van der Waals surface area contributed by atoms with Crippen molar-refractivity contribution in [1.82, 2.24) is 47.5 Å². The molecule has 1 heterocycles. The number of aliphatic hydroxyl groups is 1. The first kappa shape index (κ1) is 65.5. The number of hydrogen-bond acceptors (Lipinski definition) is 15. The second-order valence-corrected chi connectivity index (χ2v) is 20.7. The van der Waals surface area contributed by atoms with Crippen LogP contribution in [-0.2, 0) is 65.6 Å². The molecule has 0 spiro atoms. The van der Waals surface area contributed by atoms with Crippen molar-refractivity contribution in [3.05, 3.63) is 65.9 Å². The molecule has 0 bridgehead atoms. The Labute approximate surface area is 461 Å². The summed E-state index contributed by atoms with van der Waals surface area (Å²) in [5, 5.41) is 60.2. The predicted molar refractivity (Wildman–Crippen MR) is 290 cm³/mol. The molecule has 3 rings (SSSR count). The highest BCUT2D eigenvalue weighted by molar-refractivity contribution is 7.80. The van der Waals surface area contributed by atoms with Crippen molar-refractivity contribution < 1.29 is 73.2 Å². The number of nitrogens with two attached hydrogens (primary N) is 2. The van der Waals surface area contributed by atoms with Crippen molar-refractivity contribution in [1.29, 1.82) is 0 Å². The van der Waals surface area contributed by atoms with Crippen LogP contribution in [0.2, 0.25) is 0 Å². The number of benzene rings is 2. The Hall–Kier alpha value is -7.78. The molecule has 0 saturated heterocycles. The zero-order chi connectivity index (χ0) is 59.4. The minimum absolute atomic E-state index is 0.0162. The van der Waals surface area contributed by atoms with Crippen LogP contribution in [0.1, 0.15) is 85.3 Å². The molecule has 27 heteroatoms. The quantitative estimate of drug-likeness (QED) is 0.0312. The number of H-pyrrole nitrogens is 1. The minimum Gasteiger partial charge on any atom is -0.508 e. The number of carbonyl (C=O) groups is 11. The number of carbonyl (C=O) groups excluding carboxylic acids is 9. The van der Waals surface area contributed by atoms with E-state index in [1.807, 2.05) is 0 Å². The number of nitrogens with one attached hydrogen (secondary N) is 9. The molecule has 17 N–H and O–H groups in total. The number of fused-ring (bicyclic) bond motifs is 1. The van der Waals surface area contributed by atoms with Crippen molar-refractivity contribution >= 4 is 88.6 Å². The molecule has 0 unspecified atom stereocenters. The summed E-state index contributed by atoms with van der Waals surface area (Å²) in [5.74, 6) is -13.2. The van der Waals surface area contributed by atoms with Gasteiger partial charge in [-0.15, -0.1) is 0 Å². The van der Waals surface area contributed by atoms with Crippen LogP contribution < -0.4 is 54.0 Å². The van der Waals surface area contributed by atoms with Crippen molar-refractivity contribution in [3.63, 3.8) is 0 Å². The maximum Gasteiger partial charge on any atom is 0.326 e. The molecule has 79 heavy (non-hydrogen) atoms. The number of para-hydroxylation sites is 1. The van der Waals surface area contributed by atoms with Gasteiger partial charge < -0.3 is 79.4 Å². The summed E-state index contributed by atoms with van der Waals surface area (Å²) in [6, 6.07) is -0.727. The van der Waals surface area contributed by atoms with Gasteiger partial charge in [0.05, 0.1) is 18.6 Å². The number of rotatable bonds is 32. The van der Waals surface area contributed by atoms with Crippen LogP contribution in [-0.4, -0.2) is 157 Å². The Kier molecular flexibility index (Phi) is 25.7. The molecule has 0 aliphatic heterocycles. The molecule has 0 saturated carbocycles. The zero-order valence-electron chi connectivity index (χ0n) is 45.0. The summed E-state index contributed by atoms with van der Waals surface area (Å²) >= 11 is 4.30. The number of carboxylic acid groups (broad SMARTS) is 2. The standard InChI is InChI=1S/C52H75N11O15S/c1-24(2)18-35(46(71)60-38(23-79)49(74)58-36(19-28-12-14-30(65)15-13-28)47(72)56-34(16-17-40(67)68)45(70)62-42(26(5)6)52(77)78)57-48(73)37(20-29-22-55-33-11-9-8-10-31(29)33)59-50(75)41(25(3)4)61-51(76)43(27(7)64)63-44(69)32(53)21-39(54)66/h8-15,22,24-27,32,34-38,41-43,55,64-65,79H,16-21,23,53H2,1-7H3,(H2,54,66)(H,56,72)(H,57,73)(H,58,74)(H,59,75)(H,60,71)(H,61,76)(H,62,70)(H,63,69)(H,67,68)(H,77,78)/t27-,32+,34+,35+,36+,37+,38+,41+,42+,43+/m1/s1. The number of aliphatic carboxylic acids is 2. The van der Waals surface area contributed by atoms with Gasteiger partial charge in [0.25, 0.3) is 0 Å². The van der Waals surface area contributed by atoms with Crippen LogP contribution in [0.3, 0.4) is 0 Å². The molecule has 2 aromatic carbocycles. The van der Waals surface area contributed by atoms with E-state index in [-0.39, 0.29) is 36.7 Å². The van der Waals surface area contributed by atoms with E-state index in [2.05, 4.69) is 60.1 Å². The third-order valence-electron chi connectivity index (χ3n) is 12.5. The Bertz CT molecular complexity index is 2650. The Morgan fingerprint density at radius 1 is 0.582 bits per heavy atom. The van der Waals surface area contributed by atoms with E-state index in [1.54, 1.807) is 58.2 Å². The number of aromatic hydroxyl groups is 1. The maximum atomic E-state index is 14.6. The van der Waals surface area contributed by atoms with E-state index in [4.69, 9.17) is 11.5 Å². The molecule has 9 amide bonds. The minimum atomic E-state index is -1.66. The van der Waals surface area contributed by atoms with Crippen LogP contribution in [0, 0.1) is 17.8 Å². The van der Waals surface area contributed by atoms with E-state index >= 15 is 0 Å². The fourth-order valence-electron chi connectivity index (χ4n) is 8.11. The molecule has 3 aromatic rings. The van der Waals surface area contributed by atoms with E-state index < -0.39 is 157 Å². The molecule has 26 nitrogen and oxygen atoms in total. The van der Waals surface area contributed by atoms with Crippen molar-refractivity contribution in [3.8, 4) is 5.75 Å². The van der Waals surface area contributed by atoms with E-state index in [1.165, 1.54) is 45.0 Å². The van der Waals surface area contributed by atoms with Crippen LogP contribution in [0.25, 0.3) is 10.9 Å². The van der Waals surface area contributed by atoms with E-state index in [0.717, 1.165) is 0 Å². The Morgan fingerprint density at radius 2 is 1.06 bits per heavy atom. The largest absolute Gasteiger partial charge is 0.508 e. The molecule has 0 aliphatic carbocycles. The highest BCUT2D eigenvalue weighted by atomic mass is 32.1. The highest BCUT2D eigenvalue weighted by Crippen LogP contribution is 2.20. The Balaban J connectivity index is 1.95. The average Bonchev–Trinajstić information content (AvgIpc) is 3.78. The molecular weight excluding hydrogens is 1050 g/mol. The number of hydrogen-bond donors (Lipinski definition) is 16. The Morgan fingerprint density at radius 3 is 1.61 bits per heavy atom. The summed E-state index contributed by atoms with van der Waals surface area (Å²) in [7, 11) is 0. The molecular formula is C52H75N11O15S. The maximum absolute atomic E-state index is 14.6. The normalized spacial score (nSPS) is 15.2. The topological polar surface area (TPSA) is 433 Å². The van der Waals surface area contributed by atoms with Crippen LogP contribution >= 0.6 is 12.6 Å². The third-order valence-corrected chi connectivity index (χ3v) is 12.8. The number of amides is 9. The number of primary amides is 1. The van der Waals surface area contributed by atoms with Gasteiger partial charge in [-0.2, -0.15) is 12.6 Å². The van der Waals surface area contributed by atoms with Gasteiger partial charge in [0.15, 0.2) is 0 Å². The van der Waals surface area contributed by atoms with Crippen molar-refractivity contribution in [2.75, 3.05) is 5.75 Å². The number of phenolic OH excluding ortho intramolecular Hbond substituents is 1. The molecule has 10 atom stereocenters. The molecule has 0 fully saturated rings. The second kappa shape index (κ2) is 31.0. The van der Waals surface area contributed by atoms with Gasteiger partial charge in [0.1, 0.15) is 54.1 Å². The van der Waals surface area contributed by atoms with Crippen LogP contribution in [0.15, 0.2) is 54.7 Å². The predicted octanol–water partition coefficient (Wildman–Crippen LogP) is -1.64. The second-order valence-electron chi connectivity index (χ2n) is 20.3. The fraction of sp³-hybridized carbons (Fsp3) is 0.519. The van der Waals surface area contributed by atoms with Gasteiger partial charge in [-0.05, 0) is 66.8 Å². The summed E-state index contributed by atoms with van der Waals surface area (Å²) in [6.45, 7) is 10.9. The number of aromatic nitrogens is 1. The SMILES string of the molecule is CC(C)C[C@H](NC(=O)[C@H](Cc1c[nH]c2ccccc12)NC(=O)[C@@H](NC(=O)[C@@H](NC(=O)[C@@H](N)CC(N)=O)[C@@H](C)O)C(C)C)C(=O)N[C@@H](CS)C(=O)N[C@@H](Cc1ccc(O)cc1)C(=O)N[C@@H](CCC(=O)O)C(=O)N[C@H](C(=O)O)C(C)C. The molecule has 0 radical (unpaired) electrons. The average molecular weight is 1130 g/mol. The lowest BCUT2D eigenvalue weighted by molar-refractivity contribution is -0.144. The summed E-state index contributed by atoms with van der Waals surface area (Å²) < 4.78 is 0. The lowest BCUT2D eigenvalue weighted by Crippen LogP contribution is -2.62. The van der Waals surface area contributed by atoms with E-state index in [9.17, 15) is 73.2 Å². The van der Waals surface area contributed by atoms with Crippen molar-refractivity contribution in [2.24, 2.45) is 29.2 Å². The first-order valence-corrected chi connectivity index (χ1v) is 26.2. The summed E-state index contributed by atoms with van der Waals surface area (Å²) in [4.78, 5) is 149. The van der Waals surface area contributed by atoms with Gasteiger partial charge in [0, 0.05) is 42.1 Å². The molecule has 0 aliphatic rings. The van der Waals surface area contributed by atoms with Crippen molar-refractivity contribution in [2.45, 2.75) is 147 Å². The van der Waals surface area contributed by atoms with Gasteiger partial charge in [-0.3, -0.25) is 47.9 Å². The van der Waals surface area contributed by atoms with Gasteiger partial charge in [-0.25, -0.2) is 4.79 Å². The number of carboxylic acids is 2. The highest BCUT2D eigenvalue weighted by Gasteiger charge is 2.37. The van der Waals surface area contributed by atoms with E-state index in [0.29, 0.717) is 22.0 Å². The molecule has 1 aromatic heterocycles. The van der Waals surface area contributed by atoms with Gasteiger partial charge in [-0.1, -0.05) is 71.9 Å². The summed E-state index contributed by atoms with van der Waals surface area (Å²) in [6.07, 6.45) is -1.99. The summed E-state index contributed by atoms with van der Waals surface area (Å²) in [5.41, 5.74) is 12.6. The first-order valence-electron chi connectivity index (χ1n) is 25.6. The number of aromatic amines is 1. The number of phenols is 1. The monoisotopic (exact) mass is 1130 g/mol. The lowest BCUT2D eigenvalue weighted by atomic mass is 9.98. The molecule has 434 valence electrons. The number of aliphatic hydroxyl groups excluding tert-OH is 1. The fourth-order valence-corrected chi connectivity index (χ4v) is 8.37. The third kappa shape index (κ3) is 20.8. The van der Waals surface area contributed by atoms with Crippen LogP contribution in [0.4, 0.5) is 0 Å². The first-order chi connectivity index (χ1) is 37.0. The zero-order valence-corrected chi connectivity index (χ0v) is 45.9. The smallest absolute Gasteiger partial charge is 0.326 e. The van der Waals surface area contributed by atoms with Gasteiger partial charge in [0.2, 0.25) is 53.2 Å². The number of thiol groups is 1.